The Balaban J connectivity index is 1.72. The number of benzene rings is 2. The molecule has 2 amide bonds. The van der Waals surface area contributed by atoms with Crippen molar-refractivity contribution >= 4 is 23.2 Å². The molecular weight excluding hydrogens is 309 g/mol. The first-order valence-corrected chi connectivity index (χ1v) is 7.60. The molecule has 0 spiro atoms. The number of hydrogen-bond donors (Lipinski definition) is 1. The van der Waals surface area contributed by atoms with Gasteiger partial charge in [0.15, 0.2) is 0 Å². The van der Waals surface area contributed by atoms with Crippen molar-refractivity contribution in [3.05, 3.63) is 66.0 Å². The maximum Gasteiger partial charge on any atom is 0.271 e. The first-order valence-electron chi connectivity index (χ1n) is 7.60. The summed E-state index contributed by atoms with van der Waals surface area (Å²) in [5.74, 6) is -0.816. The van der Waals surface area contributed by atoms with E-state index in [0.717, 1.165) is 5.56 Å². The maximum absolute atomic E-state index is 13.0. The first kappa shape index (κ1) is 15.9. The van der Waals surface area contributed by atoms with Crippen molar-refractivity contribution in [1.29, 1.82) is 0 Å². The molecule has 2 aromatic rings. The highest BCUT2D eigenvalue weighted by Crippen LogP contribution is 2.15. The van der Waals surface area contributed by atoms with Gasteiger partial charge in [-0.1, -0.05) is 30.3 Å². The topological polar surface area (TPSA) is 61.8 Å². The normalized spacial score (nSPS) is 14.3. The fraction of sp³-hybridized carbons (Fsp3) is 0.167. The number of halogens is 1. The Morgan fingerprint density at radius 1 is 1.08 bits per heavy atom. The summed E-state index contributed by atoms with van der Waals surface area (Å²) in [6, 6.07) is 14.9. The summed E-state index contributed by atoms with van der Waals surface area (Å²) in [6.07, 6.45) is 0.527. The molecule has 1 aliphatic rings. The van der Waals surface area contributed by atoms with Crippen molar-refractivity contribution in [2.24, 2.45) is 5.10 Å². The summed E-state index contributed by atoms with van der Waals surface area (Å²) in [7, 11) is 0. The van der Waals surface area contributed by atoms with Gasteiger partial charge in [-0.25, -0.2) is 9.40 Å². The van der Waals surface area contributed by atoms with Crippen molar-refractivity contribution in [1.82, 2.24) is 5.01 Å². The van der Waals surface area contributed by atoms with E-state index in [-0.39, 0.29) is 30.6 Å². The highest BCUT2D eigenvalue weighted by Gasteiger charge is 2.24. The lowest BCUT2D eigenvalue weighted by Gasteiger charge is -2.23. The summed E-state index contributed by atoms with van der Waals surface area (Å²) >= 11 is 0. The fourth-order valence-corrected chi connectivity index (χ4v) is 2.38. The summed E-state index contributed by atoms with van der Waals surface area (Å²) in [5.41, 5.74) is 1.73. The second-order valence-corrected chi connectivity index (χ2v) is 5.44. The van der Waals surface area contributed by atoms with Crippen LogP contribution in [0.5, 0.6) is 0 Å². The summed E-state index contributed by atoms with van der Waals surface area (Å²) in [6.45, 7) is 0.210. The molecule has 3 rings (SSSR count). The predicted octanol–water partition coefficient (Wildman–Crippen LogP) is 2.94. The Labute approximate surface area is 138 Å². The fourth-order valence-electron chi connectivity index (χ4n) is 2.38. The van der Waals surface area contributed by atoms with Crippen LogP contribution in [-0.2, 0) is 16.1 Å². The van der Waals surface area contributed by atoms with Gasteiger partial charge in [0.2, 0.25) is 5.91 Å². The molecule has 5 nitrogen and oxygen atoms in total. The SMILES string of the molecule is O=C(Nc1ccccc1)C1=NN(Cc2ccc(F)cc2)C(=O)CC1. The van der Waals surface area contributed by atoms with Crippen LogP contribution in [0.2, 0.25) is 0 Å². The van der Waals surface area contributed by atoms with Crippen LogP contribution < -0.4 is 5.32 Å². The van der Waals surface area contributed by atoms with Gasteiger partial charge in [-0.15, -0.1) is 0 Å². The van der Waals surface area contributed by atoms with Gasteiger partial charge < -0.3 is 5.32 Å². The van der Waals surface area contributed by atoms with Gasteiger partial charge in [-0.05, 0) is 29.8 Å². The molecule has 2 aromatic carbocycles. The molecule has 0 radical (unpaired) electrons. The number of nitrogens with zero attached hydrogens (tertiary/aromatic N) is 2. The molecular formula is C18H16FN3O2. The number of nitrogens with one attached hydrogen (secondary N) is 1. The Hall–Kier alpha value is -3.02. The smallest absolute Gasteiger partial charge is 0.271 e. The minimum atomic E-state index is -0.338. The van der Waals surface area contributed by atoms with Gasteiger partial charge in [0.25, 0.3) is 5.91 Å². The van der Waals surface area contributed by atoms with Crippen LogP contribution in [0.25, 0.3) is 0 Å². The van der Waals surface area contributed by atoms with Crippen LogP contribution in [-0.4, -0.2) is 22.5 Å². The van der Waals surface area contributed by atoms with E-state index in [1.165, 1.54) is 17.1 Å². The van der Waals surface area contributed by atoms with E-state index < -0.39 is 0 Å². The molecule has 1 heterocycles. The van der Waals surface area contributed by atoms with Crippen molar-refractivity contribution in [2.75, 3.05) is 5.32 Å². The lowest BCUT2D eigenvalue weighted by atomic mass is 10.1. The minimum Gasteiger partial charge on any atom is -0.321 e. The molecule has 1 N–H and O–H groups in total. The Bertz CT molecular complexity index is 773. The molecule has 0 saturated heterocycles. The van der Waals surface area contributed by atoms with Gasteiger partial charge in [-0.2, -0.15) is 5.10 Å². The number of carbonyl (C=O) groups excluding carboxylic acids is 2. The molecule has 0 saturated carbocycles. The van der Waals surface area contributed by atoms with Gasteiger partial charge in [-0.3, -0.25) is 9.59 Å². The molecule has 1 aliphatic heterocycles. The molecule has 0 unspecified atom stereocenters. The summed E-state index contributed by atoms with van der Waals surface area (Å²) < 4.78 is 13.0. The standard InChI is InChI=1S/C18H16FN3O2/c19-14-8-6-13(7-9-14)12-22-17(23)11-10-16(21-22)18(24)20-15-4-2-1-3-5-15/h1-9H,10-12H2,(H,20,24). The maximum atomic E-state index is 13.0. The molecule has 0 atom stereocenters. The van der Waals surface area contributed by atoms with Crippen molar-refractivity contribution in [3.63, 3.8) is 0 Å². The van der Waals surface area contributed by atoms with Crippen LogP contribution >= 0.6 is 0 Å². The molecule has 0 fully saturated rings. The van der Waals surface area contributed by atoms with Gasteiger partial charge in [0.05, 0.1) is 6.54 Å². The first-order chi connectivity index (χ1) is 11.6. The number of rotatable bonds is 4. The molecule has 0 aliphatic carbocycles. The lowest BCUT2D eigenvalue weighted by Crippen LogP contribution is -2.36. The van der Waals surface area contributed by atoms with E-state index in [4.69, 9.17) is 0 Å². The third kappa shape index (κ3) is 3.84. The zero-order valence-corrected chi connectivity index (χ0v) is 12.9. The highest BCUT2D eigenvalue weighted by atomic mass is 19.1. The lowest BCUT2D eigenvalue weighted by molar-refractivity contribution is -0.132. The second-order valence-electron chi connectivity index (χ2n) is 5.44. The number of hydrazone groups is 1. The van der Waals surface area contributed by atoms with Gasteiger partial charge in [0.1, 0.15) is 11.5 Å². The zero-order valence-electron chi connectivity index (χ0n) is 12.9. The van der Waals surface area contributed by atoms with Crippen molar-refractivity contribution in [3.8, 4) is 0 Å². The molecule has 0 aromatic heterocycles. The quantitative estimate of drug-likeness (QED) is 0.939. The van der Waals surface area contributed by atoms with E-state index in [1.54, 1.807) is 24.3 Å². The number of carbonyl (C=O) groups is 2. The molecule has 0 bridgehead atoms. The monoisotopic (exact) mass is 325 g/mol. The van der Waals surface area contributed by atoms with E-state index in [0.29, 0.717) is 17.8 Å². The number of anilines is 1. The van der Waals surface area contributed by atoms with E-state index in [2.05, 4.69) is 10.4 Å². The minimum absolute atomic E-state index is 0.157. The number of hydrogen-bond acceptors (Lipinski definition) is 3. The third-order valence-corrected chi connectivity index (χ3v) is 3.64. The number of amides is 2. The third-order valence-electron chi connectivity index (χ3n) is 3.64. The predicted molar refractivity (Wildman–Crippen MR) is 88.7 cm³/mol. The Morgan fingerprint density at radius 2 is 1.79 bits per heavy atom. The molecule has 24 heavy (non-hydrogen) atoms. The number of para-hydroxylation sites is 1. The van der Waals surface area contributed by atoms with Crippen LogP contribution in [0.15, 0.2) is 59.7 Å². The molecule has 122 valence electrons. The van der Waals surface area contributed by atoms with Crippen LogP contribution in [0.3, 0.4) is 0 Å². The Kier molecular flexibility index (Phi) is 4.65. The van der Waals surface area contributed by atoms with Crippen molar-refractivity contribution in [2.45, 2.75) is 19.4 Å². The highest BCUT2D eigenvalue weighted by molar-refractivity contribution is 6.43. The van der Waals surface area contributed by atoms with Gasteiger partial charge in [0, 0.05) is 18.5 Å². The summed E-state index contributed by atoms with van der Waals surface area (Å²) in [5, 5.41) is 8.19. The van der Waals surface area contributed by atoms with Crippen LogP contribution in [0, 0.1) is 5.82 Å². The average molecular weight is 325 g/mol. The largest absolute Gasteiger partial charge is 0.321 e. The van der Waals surface area contributed by atoms with Crippen LogP contribution in [0.4, 0.5) is 10.1 Å². The average Bonchev–Trinajstić information content (AvgIpc) is 2.59. The Morgan fingerprint density at radius 3 is 2.50 bits per heavy atom. The van der Waals surface area contributed by atoms with Crippen molar-refractivity contribution < 1.29 is 14.0 Å². The zero-order chi connectivity index (χ0) is 16.9. The summed E-state index contributed by atoms with van der Waals surface area (Å²) in [4.78, 5) is 24.3. The van der Waals surface area contributed by atoms with E-state index >= 15 is 0 Å². The second kappa shape index (κ2) is 7.04. The van der Waals surface area contributed by atoms with Crippen LogP contribution in [0.1, 0.15) is 18.4 Å². The van der Waals surface area contributed by atoms with Gasteiger partial charge >= 0.3 is 0 Å². The molecule has 6 heteroatoms. The van der Waals surface area contributed by atoms with E-state index in [1.807, 2.05) is 18.2 Å². The van der Waals surface area contributed by atoms with E-state index in [9.17, 15) is 14.0 Å².